The van der Waals surface area contributed by atoms with Crippen LogP contribution < -0.4 is 20.7 Å². The first-order valence-electron chi connectivity index (χ1n) is 7.82. The molecular weight excluding hydrogens is 318 g/mol. The third kappa shape index (κ3) is 6.39. The molecule has 0 atom stereocenters. The molecule has 0 heterocycles. The van der Waals surface area contributed by atoms with Gasteiger partial charge in [-0.15, -0.1) is 0 Å². The van der Waals surface area contributed by atoms with E-state index < -0.39 is 0 Å². The lowest BCUT2D eigenvalue weighted by atomic mass is 10.2. The molecule has 130 valence electrons. The minimum absolute atomic E-state index is 0.123. The summed E-state index contributed by atoms with van der Waals surface area (Å²) in [6, 6.07) is 14.3. The number of hydrogen-bond acceptors (Lipinski definition) is 4. The van der Waals surface area contributed by atoms with E-state index in [0.717, 1.165) is 5.69 Å². The van der Waals surface area contributed by atoms with E-state index in [-0.39, 0.29) is 18.4 Å². The minimum Gasteiger partial charge on any atom is -0.489 e. The highest BCUT2D eigenvalue weighted by atomic mass is 16.5. The normalized spacial score (nSPS) is 9.80. The fourth-order valence-electron chi connectivity index (χ4n) is 2.08. The molecule has 2 rings (SSSR count). The van der Waals surface area contributed by atoms with Crippen molar-refractivity contribution in [3.63, 3.8) is 0 Å². The van der Waals surface area contributed by atoms with Gasteiger partial charge < -0.3 is 20.7 Å². The van der Waals surface area contributed by atoms with Crippen molar-refractivity contribution in [1.29, 1.82) is 0 Å². The van der Waals surface area contributed by atoms with Crippen LogP contribution in [0.5, 0.6) is 5.75 Å². The van der Waals surface area contributed by atoms with Gasteiger partial charge in [0.15, 0.2) is 0 Å². The predicted molar refractivity (Wildman–Crippen MR) is 100.0 cm³/mol. The number of carbonyl (C=O) groups excluding carboxylic acids is 2. The smallest absolute Gasteiger partial charge is 0.243 e. The highest BCUT2D eigenvalue weighted by molar-refractivity contribution is 5.94. The molecule has 0 fully saturated rings. The number of anilines is 3. The number of nitrogens with one attached hydrogen (secondary N) is 3. The molecule has 6 heteroatoms. The van der Waals surface area contributed by atoms with Crippen LogP contribution in [-0.4, -0.2) is 25.0 Å². The summed E-state index contributed by atoms with van der Waals surface area (Å²) < 4.78 is 5.45. The highest BCUT2D eigenvalue weighted by Crippen LogP contribution is 2.17. The van der Waals surface area contributed by atoms with E-state index >= 15 is 0 Å². The number of carbonyl (C=O) groups is 2. The first kappa shape index (κ1) is 18.1. The van der Waals surface area contributed by atoms with Gasteiger partial charge >= 0.3 is 0 Å². The third-order valence-corrected chi connectivity index (χ3v) is 3.14. The Hall–Kier alpha value is -3.28. The van der Waals surface area contributed by atoms with Crippen molar-refractivity contribution < 1.29 is 14.3 Å². The maximum Gasteiger partial charge on any atom is 0.243 e. The Kier molecular flexibility index (Phi) is 6.59. The van der Waals surface area contributed by atoms with Gasteiger partial charge in [0.05, 0.1) is 6.54 Å². The van der Waals surface area contributed by atoms with Crippen molar-refractivity contribution in [1.82, 2.24) is 0 Å². The van der Waals surface area contributed by atoms with Crippen LogP contribution in [0.15, 0.2) is 61.2 Å². The van der Waals surface area contributed by atoms with Crippen molar-refractivity contribution in [2.75, 3.05) is 29.1 Å². The Bertz CT molecular complexity index is 742. The lowest BCUT2D eigenvalue weighted by Gasteiger charge is -2.10. The number of rotatable bonds is 8. The molecule has 0 aromatic heterocycles. The van der Waals surface area contributed by atoms with Crippen LogP contribution in [0.3, 0.4) is 0 Å². The second-order valence-electron chi connectivity index (χ2n) is 5.29. The first-order chi connectivity index (χ1) is 12.1. The van der Waals surface area contributed by atoms with Crippen molar-refractivity contribution in [3.05, 3.63) is 61.2 Å². The molecule has 3 N–H and O–H groups in total. The monoisotopic (exact) mass is 339 g/mol. The largest absolute Gasteiger partial charge is 0.489 e. The standard InChI is InChI=1S/C19H21N3O3/c1-3-11-25-18-6-4-5-17(12-18)20-13-19(24)22-16-9-7-15(8-10-16)21-14(2)23/h3-10,12,20H,1,11,13H2,2H3,(H,21,23)(H,22,24). The van der Waals surface area contributed by atoms with E-state index in [1.807, 2.05) is 24.3 Å². The molecule has 2 aromatic rings. The molecule has 6 nitrogen and oxygen atoms in total. The highest BCUT2D eigenvalue weighted by Gasteiger charge is 2.04. The summed E-state index contributed by atoms with van der Waals surface area (Å²) in [6.07, 6.45) is 1.67. The summed E-state index contributed by atoms with van der Waals surface area (Å²) in [5, 5.41) is 8.50. The zero-order valence-corrected chi connectivity index (χ0v) is 14.0. The van der Waals surface area contributed by atoms with Crippen molar-refractivity contribution in [3.8, 4) is 5.75 Å². The number of amides is 2. The molecule has 0 radical (unpaired) electrons. The van der Waals surface area contributed by atoms with E-state index in [9.17, 15) is 9.59 Å². The van der Waals surface area contributed by atoms with Crippen LogP contribution in [0, 0.1) is 0 Å². The van der Waals surface area contributed by atoms with E-state index in [2.05, 4.69) is 22.5 Å². The zero-order chi connectivity index (χ0) is 18.1. The predicted octanol–water partition coefficient (Wildman–Crippen LogP) is 3.26. The van der Waals surface area contributed by atoms with Gasteiger partial charge in [-0.1, -0.05) is 18.7 Å². The second kappa shape index (κ2) is 9.12. The zero-order valence-electron chi connectivity index (χ0n) is 14.0. The number of benzene rings is 2. The van der Waals surface area contributed by atoms with Gasteiger partial charge in [-0.05, 0) is 36.4 Å². The summed E-state index contributed by atoms with van der Waals surface area (Å²) in [5.41, 5.74) is 2.13. The summed E-state index contributed by atoms with van der Waals surface area (Å²) in [5.74, 6) is 0.392. The lowest BCUT2D eigenvalue weighted by molar-refractivity contribution is -0.115. The lowest BCUT2D eigenvalue weighted by Crippen LogP contribution is -2.21. The van der Waals surface area contributed by atoms with E-state index in [1.165, 1.54) is 6.92 Å². The molecule has 0 unspecified atom stereocenters. The van der Waals surface area contributed by atoms with Crippen LogP contribution in [0.2, 0.25) is 0 Å². The van der Waals surface area contributed by atoms with Gasteiger partial charge in [-0.25, -0.2) is 0 Å². The molecule has 25 heavy (non-hydrogen) atoms. The van der Waals surface area contributed by atoms with Gasteiger partial charge in [-0.3, -0.25) is 9.59 Å². The Morgan fingerprint density at radius 1 is 1.04 bits per heavy atom. The maximum absolute atomic E-state index is 12.0. The molecule has 2 aromatic carbocycles. The summed E-state index contributed by atoms with van der Waals surface area (Å²) in [4.78, 5) is 23.0. The molecule has 2 amide bonds. The third-order valence-electron chi connectivity index (χ3n) is 3.14. The Morgan fingerprint density at radius 3 is 2.36 bits per heavy atom. The van der Waals surface area contributed by atoms with Gasteiger partial charge in [0.25, 0.3) is 0 Å². The van der Waals surface area contributed by atoms with Gasteiger partial charge in [0.2, 0.25) is 11.8 Å². The van der Waals surface area contributed by atoms with E-state index in [1.54, 1.807) is 30.3 Å². The fourth-order valence-corrected chi connectivity index (χ4v) is 2.08. The van der Waals surface area contributed by atoms with Crippen molar-refractivity contribution in [2.45, 2.75) is 6.92 Å². The van der Waals surface area contributed by atoms with Gasteiger partial charge in [0, 0.05) is 30.1 Å². The average molecular weight is 339 g/mol. The quantitative estimate of drug-likeness (QED) is 0.645. The number of ether oxygens (including phenoxy) is 1. The van der Waals surface area contributed by atoms with E-state index in [0.29, 0.717) is 23.7 Å². The fraction of sp³-hybridized carbons (Fsp3) is 0.158. The average Bonchev–Trinajstić information content (AvgIpc) is 2.60. The maximum atomic E-state index is 12.0. The number of hydrogen-bond donors (Lipinski definition) is 3. The van der Waals surface area contributed by atoms with Crippen LogP contribution in [-0.2, 0) is 9.59 Å². The Labute approximate surface area is 146 Å². The van der Waals surface area contributed by atoms with Crippen molar-refractivity contribution >= 4 is 28.9 Å². The summed E-state index contributed by atoms with van der Waals surface area (Å²) in [7, 11) is 0. The Balaban J connectivity index is 1.84. The molecule has 0 spiro atoms. The topological polar surface area (TPSA) is 79.5 Å². The van der Waals surface area contributed by atoms with Gasteiger partial charge in [0.1, 0.15) is 12.4 Å². The van der Waals surface area contributed by atoms with Crippen LogP contribution in [0.4, 0.5) is 17.1 Å². The molecule has 0 aliphatic rings. The van der Waals surface area contributed by atoms with Gasteiger partial charge in [-0.2, -0.15) is 0 Å². The summed E-state index contributed by atoms with van der Waals surface area (Å²) in [6.45, 7) is 5.60. The second-order valence-corrected chi connectivity index (χ2v) is 5.29. The molecule has 0 bridgehead atoms. The SMILES string of the molecule is C=CCOc1cccc(NCC(=O)Nc2ccc(NC(C)=O)cc2)c1. The Morgan fingerprint density at radius 2 is 1.72 bits per heavy atom. The first-order valence-corrected chi connectivity index (χ1v) is 7.82. The minimum atomic E-state index is -0.176. The summed E-state index contributed by atoms with van der Waals surface area (Å²) >= 11 is 0. The molecule has 0 aliphatic heterocycles. The van der Waals surface area contributed by atoms with Crippen LogP contribution in [0.1, 0.15) is 6.92 Å². The van der Waals surface area contributed by atoms with Crippen molar-refractivity contribution in [2.24, 2.45) is 0 Å². The van der Waals surface area contributed by atoms with E-state index in [4.69, 9.17) is 4.74 Å². The van der Waals surface area contributed by atoms with Crippen LogP contribution in [0.25, 0.3) is 0 Å². The van der Waals surface area contributed by atoms with Crippen LogP contribution >= 0.6 is 0 Å². The molecule has 0 aliphatic carbocycles. The molecular formula is C19H21N3O3. The molecule has 0 saturated carbocycles. The molecule has 0 saturated heterocycles.